The Hall–Kier alpha value is -0.770. The third-order valence-corrected chi connectivity index (χ3v) is 2.61. The molecule has 0 radical (unpaired) electrons. The first-order valence-corrected chi connectivity index (χ1v) is 5.78. The van der Waals surface area contributed by atoms with Crippen LogP contribution in [-0.2, 0) is 7.05 Å². The zero-order valence-corrected chi connectivity index (χ0v) is 11.2. The first kappa shape index (κ1) is 12.3. The van der Waals surface area contributed by atoms with Gasteiger partial charge in [0.05, 0.1) is 0 Å². The van der Waals surface area contributed by atoms with Crippen LogP contribution in [0.15, 0.2) is 16.7 Å². The molecule has 0 aliphatic rings. The molecule has 0 aromatic carbocycles. The Morgan fingerprint density at radius 2 is 2.20 bits per heavy atom. The molecule has 84 valence electrons. The van der Waals surface area contributed by atoms with Gasteiger partial charge in [-0.2, -0.15) is 0 Å². The van der Waals surface area contributed by atoms with E-state index in [1.807, 2.05) is 30.9 Å². The molecule has 0 bridgehead atoms. The van der Waals surface area contributed by atoms with Gasteiger partial charge in [0.15, 0.2) is 0 Å². The average molecular weight is 273 g/mol. The first-order chi connectivity index (χ1) is 6.91. The lowest BCUT2D eigenvalue weighted by molar-refractivity contribution is 0.0770. The monoisotopic (exact) mass is 272 g/mol. The fraction of sp³-hybridized carbons (Fsp3) is 0.545. The maximum absolute atomic E-state index is 12.0. The quantitative estimate of drug-likeness (QED) is 0.830. The van der Waals surface area contributed by atoms with Gasteiger partial charge in [-0.15, -0.1) is 0 Å². The number of amides is 1. The molecule has 0 saturated heterocycles. The van der Waals surface area contributed by atoms with E-state index in [2.05, 4.69) is 29.8 Å². The van der Waals surface area contributed by atoms with Gasteiger partial charge in [-0.1, -0.05) is 13.8 Å². The van der Waals surface area contributed by atoms with Crippen LogP contribution in [0.25, 0.3) is 0 Å². The summed E-state index contributed by atoms with van der Waals surface area (Å²) in [5.41, 5.74) is 0.713. The first-order valence-electron chi connectivity index (χ1n) is 4.99. The van der Waals surface area contributed by atoms with Gasteiger partial charge in [0, 0.05) is 31.3 Å². The van der Waals surface area contributed by atoms with Crippen LogP contribution in [0.5, 0.6) is 0 Å². The van der Waals surface area contributed by atoms with Gasteiger partial charge in [-0.3, -0.25) is 4.79 Å². The summed E-state index contributed by atoms with van der Waals surface area (Å²) in [5.74, 6) is 0.555. The molecule has 1 aromatic heterocycles. The SMILES string of the molecule is CC(C)CN(C)C(=O)c1cc(Br)cn1C. The summed E-state index contributed by atoms with van der Waals surface area (Å²) < 4.78 is 2.77. The summed E-state index contributed by atoms with van der Waals surface area (Å²) in [6.45, 7) is 4.98. The van der Waals surface area contributed by atoms with Crippen LogP contribution in [0.2, 0.25) is 0 Å². The largest absolute Gasteiger partial charge is 0.345 e. The zero-order chi connectivity index (χ0) is 11.6. The standard InChI is InChI=1S/C11H17BrN2O/c1-8(2)6-14(4)11(15)10-5-9(12)7-13(10)3/h5,7-8H,6H2,1-4H3. The summed E-state index contributed by atoms with van der Waals surface area (Å²) in [5, 5.41) is 0. The molecule has 0 aliphatic carbocycles. The second-order valence-electron chi connectivity index (χ2n) is 4.23. The molecule has 0 unspecified atom stereocenters. The Bertz CT molecular complexity index is 357. The molecule has 4 heteroatoms. The van der Waals surface area contributed by atoms with E-state index in [4.69, 9.17) is 0 Å². The molecule has 0 fully saturated rings. The molecule has 0 saturated carbocycles. The number of carbonyl (C=O) groups excluding carboxylic acids is 1. The van der Waals surface area contributed by atoms with Crippen LogP contribution in [0.3, 0.4) is 0 Å². The van der Waals surface area contributed by atoms with E-state index >= 15 is 0 Å². The molecule has 1 rings (SSSR count). The highest BCUT2D eigenvalue weighted by molar-refractivity contribution is 9.10. The smallest absolute Gasteiger partial charge is 0.270 e. The van der Waals surface area contributed by atoms with E-state index in [1.54, 1.807) is 4.90 Å². The topological polar surface area (TPSA) is 25.2 Å². The van der Waals surface area contributed by atoms with Crippen LogP contribution in [0, 0.1) is 5.92 Å². The zero-order valence-electron chi connectivity index (χ0n) is 9.62. The summed E-state index contributed by atoms with van der Waals surface area (Å²) in [4.78, 5) is 13.8. The van der Waals surface area contributed by atoms with E-state index in [0.29, 0.717) is 11.6 Å². The van der Waals surface area contributed by atoms with Gasteiger partial charge < -0.3 is 9.47 Å². The van der Waals surface area contributed by atoms with E-state index < -0.39 is 0 Å². The second kappa shape index (κ2) is 4.84. The van der Waals surface area contributed by atoms with Crippen molar-refractivity contribution in [1.29, 1.82) is 0 Å². The molecular weight excluding hydrogens is 256 g/mol. The lowest BCUT2D eigenvalue weighted by Crippen LogP contribution is -2.31. The fourth-order valence-electron chi connectivity index (χ4n) is 1.56. The molecular formula is C11H17BrN2O. The van der Waals surface area contributed by atoms with E-state index in [9.17, 15) is 4.79 Å². The number of aryl methyl sites for hydroxylation is 1. The van der Waals surface area contributed by atoms with Gasteiger partial charge in [0.1, 0.15) is 5.69 Å². The molecule has 1 aromatic rings. The highest BCUT2D eigenvalue weighted by atomic mass is 79.9. The number of rotatable bonds is 3. The number of hydrogen-bond donors (Lipinski definition) is 0. The molecule has 0 spiro atoms. The van der Waals surface area contributed by atoms with Gasteiger partial charge in [0.2, 0.25) is 0 Å². The van der Waals surface area contributed by atoms with E-state index in [0.717, 1.165) is 11.0 Å². The molecule has 1 amide bonds. The van der Waals surface area contributed by atoms with Crippen LogP contribution in [0.4, 0.5) is 0 Å². The van der Waals surface area contributed by atoms with Gasteiger partial charge in [0.25, 0.3) is 5.91 Å². The van der Waals surface area contributed by atoms with Crippen LogP contribution in [0.1, 0.15) is 24.3 Å². The fourth-order valence-corrected chi connectivity index (χ4v) is 2.09. The second-order valence-corrected chi connectivity index (χ2v) is 5.15. The van der Waals surface area contributed by atoms with Crippen molar-refractivity contribution in [1.82, 2.24) is 9.47 Å². The number of hydrogen-bond acceptors (Lipinski definition) is 1. The molecule has 0 N–H and O–H groups in total. The molecule has 15 heavy (non-hydrogen) atoms. The van der Waals surface area contributed by atoms with Crippen LogP contribution in [-0.4, -0.2) is 29.0 Å². The number of halogens is 1. The van der Waals surface area contributed by atoms with E-state index in [-0.39, 0.29) is 5.91 Å². The molecule has 1 heterocycles. The Balaban J connectivity index is 2.80. The van der Waals surface area contributed by atoms with Crippen molar-refractivity contribution in [3.8, 4) is 0 Å². The average Bonchev–Trinajstić information content (AvgIpc) is 2.42. The van der Waals surface area contributed by atoms with Crippen molar-refractivity contribution in [2.45, 2.75) is 13.8 Å². The van der Waals surface area contributed by atoms with Crippen molar-refractivity contribution in [2.75, 3.05) is 13.6 Å². The minimum Gasteiger partial charge on any atom is -0.345 e. The molecule has 0 atom stereocenters. The molecule has 0 aliphatic heterocycles. The lowest BCUT2D eigenvalue weighted by Gasteiger charge is -2.19. The Labute approximate surface area is 99.2 Å². The number of nitrogens with zero attached hydrogens (tertiary/aromatic N) is 2. The van der Waals surface area contributed by atoms with Gasteiger partial charge in [-0.25, -0.2) is 0 Å². The normalized spacial score (nSPS) is 10.8. The summed E-state index contributed by atoms with van der Waals surface area (Å²) in [6.07, 6.45) is 1.89. The third-order valence-electron chi connectivity index (χ3n) is 2.18. The van der Waals surface area contributed by atoms with Crippen molar-refractivity contribution >= 4 is 21.8 Å². The lowest BCUT2D eigenvalue weighted by atomic mass is 10.2. The van der Waals surface area contributed by atoms with Gasteiger partial charge >= 0.3 is 0 Å². The highest BCUT2D eigenvalue weighted by Gasteiger charge is 2.16. The maximum Gasteiger partial charge on any atom is 0.270 e. The van der Waals surface area contributed by atoms with Crippen molar-refractivity contribution < 1.29 is 4.79 Å². The van der Waals surface area contributed by atoms with Crippen molar-refractivity contribution in [2.24, 2.45) is 13.0 Å². The summed E-state index contributed by atoms with van der Waals surface area (Å²) >= 11 is 3.36. The Morgan fingerprint density at radius 1 is 1.60 bits per heavy atom. The highest BCUT2D eigenvalue weighted by Crippen LogP contribution is 2.15. The van der Waals surface area contributed by atoms with E-state index in [1.165, 1.54) is 0 Å². The minimum absolute atomic E-state index is 0.0666. The Morgan fingerprint density at radius 3 is 2.60 bits per heavy atom. The van der Waals surface area contributed by atoms with Crippen LogP contribution >= 0.6 is 15.9 Å². The van der Waals surface area contributed by atoms with Crippen LogP contribution < -0.4 is 0 Å². The Kier molecular flexibility index (Phi) is 3.97. The third kappa shape index (κ3) is 3.09. The summed E-state index contributed by atoms with van der Waals surface area (Å²) in [7, 11) is 3.71. The number of carbonyl (C=O) groups is 1. The maximum atomic E-state index is 12.0. The van der Waals surface area contributed by atoms with Crippen molar-refractivity contribution in [3.05, 3.63) is 22.4 Å². The minimum atomic E-state index is 0.0666. The van der Waals surface area contributed by atoms with Crippen molar-refractivity contribution in [3.63, 3.8) is 0 Å². The predicted octanol–water partition coefficient (Wildman–Crippen LogP) is 2.52. The number of aromatic nitrogens is 1. The predicted molar refractivity (Wildman–Crippen MR) is 64.9 cm³/mol. The summed E-state index contributed by atoms with van der Waals surface area (Å²) in [6, 6.07) is 1.85. The van der Waals surface area contributed by atoms with Gasteiger partial charge in [-0.05, 0) is 27.9 Å². The molecule has 3 nitrogen and oxygen atoms in total.